The van der Waals surface area contributed by atoms with Crippen molar-refractivity contribution in [1.29, 1.82) is 0 Å². The van der Waals surface area contributed by atoms with Crippen LogP contribution in [0.4, 0.5) is 23.8 Å². The van der Waals surface area contributed by atoms with E-state index in [4.69, 9.17) is 0 Å². The van der Waals surface area contributed by atoms with Gasteiger partial charge in [0.25, 0.3) is 5.91 Å². The quantitative estimate of drug-likeness (QED) is 0.628. The standard InChI is InChI=1S/C22H28F3N5O3/c23-22(24,25)15-5-6-17(26-14-15)29-12-7-16(8-13-29)27-18(31)4-3-11-30-19(32)21(28-20(30)33)9-1-2-10-21/h5-6,14,16H,1-4,7-13H2,(H,27,31)(H,28,33). The molecule has 0 bridgehead atoms. The lowest BCUT2D eigenvalue weighted by molar-refractivity contribution is -0.137. The van der Waals surface area contributed by atoms with Crippen molar-refractivity contribution in [2.24, 2.45) is 0 Å². The van der Waals surface area contributed by atoms with Gasteiger partial charge in [-0.3, -0.25) is 14.5 Å². The summed E-state index contributed by atoms with van der Waals surface area (Å²) in [6.07, 6.45) is 1.56. The normalized spacial score (nSPS) is 21.1. The number of hydrogen-bond acceptors (Lipinski definition) is 5. The molecule has 0 radical (unpaired) electrons. The molecule has 1 aromatic rings. The van der Waals surface area contributed by atoms with Crippen LogP contribution in [-0.2, 0) is 15.8 Å². The van der Waals surface area contributed by atoms with E-state index >= 15 is 0 Å². The van der Waals surface area contributed by atoms with E-state index in [9.17, 15) is 27.6 Å². The lowest BCUT2D eigenvalue weighted by Gasteiger charge is -2.33. The number of alkyl halides is 3. The minimum atomic E-state index is -4.41. The minimum absolute atomic E-state index is 0.0262. The van der Waals surface area contributed by atoms with E-state index < -0.39 is 17.3 Å². The van der Waals surface area contributed by atoms with Crippen molar-refractivity contribution in [2.45, 2.75) is 69.1 Å². The number of hydrogen-bond donors (Lipinski definition) is 2. The third-order valence-corrected chi connectivity index (χ3v) is 6.75. The van der Waals surface area contributed by atoms with Gasteiger partial charge in [0, 0.05) is 38.3 Å². The second kappa shape index (κ2) is 9.18. The molecule has 2 N–H and O–H groups in total. The SMILES string of the molecule is O=C(CCCN1C(=O)NC2(CCCC2)C1=O)NC1CCN(c2ccc(C(F)(F)F)cn2)CC1. The number of nitrogens with zero attached hydrogens (tertiary/aromatic N) is 3. The molecule has 8 nitrogen and oxygen atoms in total. The molecule has 3 aliphatic rings. The van der Waals surface area contributed by atoms with Gasteiger partial charge in [0.1, 0.15) is 11.4 Å². The van der Waals surface area contributed by atoms with Gasteiger partial charge in [0.15, 0.2) is 0 Å². The van der Waals surface area contributed by atoms with Crippen LogP contribution in [0, 0.1) is 0 Å². The maximum Gasteiger partial charge on any atom is 0.417 e. The fourth-order valence-electron chi connectivity index (χ4n) is 4.89. The molecule has 1 saturated carbocycles. The average molecular weight is 467 g/mol. The molecule has 11 heteroatoms. The Hall–Kier alpha value is -2.85. The smallest absolute Gasteiger partial charge is 0.356 e. The second-order valence-corrected chi connectivity index (χ2v) is 9.01. The number of carbonyl (C=O) groups excluding carboxylic acids is 3. The van der Waals surface area contributed by atoms with Crippen LogP contribution in [0.3, 0.4) is 0 Å². The average Bonchev–Trinajstić information content (AvgIpc) is 3.34. The van der Waals surface area contributed by atoms with Crippen LogP contribution in [0.15, 0.2) is 18.3 Å². The van der Waals surface area contributed by atoms with Crippen molar-refractivity contribution >= 4 is 23.7 Å². The Morgan fingerprint density at radius 2 is 1.88 bits per heavy atom. The van der Waals surface area contributed by atoms with Crippen LogP contribution in [0.5, 0.6) is 0 Å². The first-order chi connectivity index (χ1) is 15.7. The number of halogens is 3. The Kier molecular flexibility index (Phi) is 6.49. The maximum absolute atomic E-state index is 12.7. The molecular formula is C22H28F3N5O3. The van der Waals surface area contributed by atoms with Crippen LogP contribution in [-0.4, -0.2) is 58.9 Å². The minimum Gasteiger partial charge on any atom is -0.356 e. The Bertz CT molecular complexity index is 892. The molecule has 4 amide bonds. The van der Waals surface area contributed by atoms with E-state index in [0.717, 1.165) is 25.1 Å². The lowest BCUT2D eigenvalue weighted by atomic mass is 9.98. The molecule has 0 atom stereocenters. The molecule has 1 aromatic heterocycles. The first-order valence-electron chi connectivity index (χ1n) is 11.4. The molecule has 2 saturated heterocycles. The molecule has 1 spiro atoms. The second-order valence-electron chi connectivity index (χ2n) is 9.01. The first kappa shape index (κ1) is 23.3. The third-order valence-electron chi connectivity index (χ3n) is 6.75. The predicted octanol–water partition coefficient (Wildman–Crippen LogP) is 2.83. The number of nitrogens with one attached hydrogen (secondary N) is 2. The van der Waals surface area contributed by atoms with Crippen molar-refractivity contribution in [1.82, 2.24) is 20.5 Å². The third kappa shape index (κ3) is 5.06. The molecule has 3 fully saturated rings. The number of anilines is 1. The van der Waals surface area contributed by atoms with Gasteiger partial charge in [0.2, 0.25) is 5.91 Å². The first-order valence-corrected chi connectivity index (χ1v) is 11.4. The van der Waals surface area contributed by atoms with E-state index in [2.05, 4.69) is 15.6 Å². The molecule has 3 heterocycles. The van der Waals surface area contributed by atoms with Gasteiger partial charge in [-0.05, 0) is 44.2 Å². The monoisotopic (exact) mass is 467 g/mol. The number of urea groups is 1. The number of imide groups is 1. The zero-order chi connectivity index (χ0) is 23.6. The number of amides is 4. The molecule has 4 rings (SSSR count). The van der Waals surface area contributed by atoms with E-state index in [0.29, 0.717) is 51.0 Å². The Morgan fingerprint density at radius 1 is 1.18 bits per heavy atom. The number of aromatic nitrogens is 1. The van der Waals surface area contributed by atoms with Crippen molar-refractivity contribution in [3.63, 3.8) is 0 Å². The molecule has 0 unspecified atom stereocenters. The van der Waals surface area contributed by atoms with Crippen molar-refractivity contribution in [3.05, 3.63) is 23.9 Å². The van der Waals surface area contributed by atoms with Crippen LogP contribution in [0.1, 0.15) is 56.9 Å². The van der Waals surface area contributed by atoms with Gasteiger partial charge in [0.05, 0.1) is 5.56 Å². The lowest BCUT2D eigenvalue weighted by Crippen LogP contribution is -2.45. The zero-order valence-corrected chi connectivity index (χ0v) is 18.3. The van der Waals surface area contributed by atoms with Crippen molar-refractivity contribution < 1.29 is 27.6 Å². The highest BCUT2D eigenvalue weighted by molar-refractivity contribution is 6.07. The van der Waals surface area contributed by atoms with Crippen molar-refractivity contribution in [3.8, 4) is 0 Å². The van der Waals surface area contributed by atoms with E-state index in [1.165, 1.54) is 11.0 Å². The van der Waals surface area contributed by atoms with Gasteiger partial charge in [-0.15, -0.1) is 0 Å². The van der Waals surface area contributed by atoms with E-state index in [1.54, 1.807) is 0 Å². The van der Waals surface area contributed by atoms with Gasteiger partial charge in [-0.1, -0.05) is 12.8 Å². The van der Waals surface area contributed by atoms with Gasteiger partial charge < -0.3 is 15.5 Å². The van der Waals surface area contributed by atoms with Crippen LogP contribution in [0.25, 0.3) is 0 Å². The highest BCUT2D eigenvalue weighted by atomic mass is 19.4. The van der Waals surface area contributed by atoms with Gasteiger partial charge >= 0.3 is 12.2 Å². The summed E-state index contributed by atoms with van der Waals surface area (Å²) < 4.78 is 38.1. The van der Waals surface area contributed by atoms with E-state index in [-0.39, 0.29) is 36.9 Å². The summed E-state index contributed by atoms with van der Waals surface area (Å²) in [7, 11) is 0. The number of piperidine rings is 1. The van der Waals surface area contributed by atoms with Crippen LogP contribution >= 0.6 is 0 Å². The summed E-state index contributed by atoms with van der Waals surface area (Å²) in [6, 6.07) is 2.00. The predicted molar refractivity (Wildman–Crippen MR) is 113 cm³/mol. The maximum atomic E-state index is 12.7. The molecule has 1 aliphatic carbocycles. The Labute approximate surface area is 189 Å². The largest absolute Gasteiger partial charge is 0.417 e. The van der Waals surface area contributed by atoms with Crippen LogP contribution in [0.2, 0.25) is 0 Å². The highest BCUT2D eigenvalue weighted by Crippen LogP contribution is 2.35. The molecule has 2 aliphatic heterocycles. The van der Waals surface area contributed by atoms with Crippen LogP contribution < -0.4 is 15.5 Å². The van der Waals surface area contributed by atoms with E-state index in [1.807, 2.05) is 4.90 Å². The fourth-order valence-corrected chi connectivity index (χ4v) is 4.89. The molecule has 33 heavy (non-hydrogen) atoms. The van der Waals surface area contributed by atoms with Gasteiger partial charge in [-0.2, -0.15) is 13.2 Å². The summed E-state index contributed by atoms with van der Waals surface area (Å²) in [4.78, 5) is 44.2. The summed E-state index contributed by atoms with van der Waals surface area (Å²) in [5.74, 6) is 0.180. The summed E-state index contributed by atoms with van der Waals surface area (Å²) in [5, 5.41) is 5.81. The zero-order valence-electron chi connectivity index (χ0n) is 18.3. The molecule has 0 aromatic carbocycles. The van der Waals surface area contributed by atoms with Gasteiger partial charge in [-0.25, -0.2) is 9.78 Å². The highest BCUT2D eigenvalue weighted by Gasteiger charge is 2.52. The topological polar surface area (TPSA) is 94.6 Å². The number of rotatable bonds is 6. The van der Waals surface area contributed by atoms with Crippen molar-refractivity contribution in [2.75, 3.05) is 24.5 Å². The molecular weight excluding hydrogens is 439 g/mol. The Balaban J connectivity index is 1.18. The summed E-state index contributed by atoms with van der Waals surface area (Å²) in [5.41, 5.74) is -1.50. The fraction of sp³-hybridized carbons (Fsp3) is 0.636. The Morgan fingerprint density at radius 3 is 2.48 bits per heavy atom. The summed E-state index contributed by atoms with van der Waals surface area (Å²) in [6.45, 7) is 1.37. The number of pyridine rings is 1. The molecule has 180 valence electrons. The summed E-state index contributed by atoms with van der Waals surface area (Å²) >= 11 is 0. The number of carbonyl (C=O) groups is 3.